The van der Waals surface area contributed by atoms with Gasteiger partial charge in [0.05, 0.1) is 6.61 Å². The Bertz CT molecular complexity index is 318. The summed E-state index contributed by atoms with van der Waals surface area (Å²) in [7, 11) is 1.94. The van der Waals surface area contributed by atoms with Gasteiger partial charge in [-0.15, -0.1) is 0 Å². The molecule has 1 heterocycles. The number of hydrogen-bond acceptors (Lipinski definition) is 4. The fourth-order valence-electron chi connectivity index (χ4n) is 1.73. The Balaban J connectivity index is 2.63. The van der Waals surface area contributed by atoms with E-state index in [0.717, 1.165) is 31.7 Å². The minimum atomic E-state index is 0.551. The topological polar surface area (TPSA) is 43.4 Å². The van der Waals surface area contributed by atoms with Gasteiger partial charge in [0.1, 0.15) is 6.61 Å². The predicted molar refractivity (Wildman–Crippen MR) is 73.0 cm³/mol. The van der Waals surface area contributed by atoms with Crippen LogP contribution in [0.5, 0.6) is 5.88 Å². The van der Waals surface area contributed by atoms with Crippen LogP contribution in [-0.4, -0.2) is 31.9 Å². The van der Waals surface area contributed by atoms with E-state index in [1.807, 2.05) is 20.0 Å². The molecule has 1 rings (SSSR count). The molecular weight excluding hydrogens is 228 g/mol. The van der Waals surface area contributed by atoms with Crippen LogP contribution in [0.4, 0.5) is 0 Å². The van der Waals surface area contributed by atoms with Crippen molar-refractivity contribution in [3.8, 4) is 5.88 Å². The van der Waals surface area contributed by atoms with Crippen LogP contribution in [0.3, 0.4) is 0 Å². The third kappa shape index (κ3) is 5.47. The van der Waals surface area contributed by atoms with Crippen LogP contribution in [0, 0.1) is 0 Å². The molecule has 0 radical (unpaired) electrons. The van der Waals surface area contributed by atoms with E-state index in [-0.39, 0.29) is 0 Å². The van der Waals surface area contributed by atoms with Gasteiger partial charge in [-0.3, -0.25) is 0 Å². The van der Waals surface area contributed by atoms with Crippen molar-refractivity contribution in [1.29, 1.82) is 0 Å². The number of nitrogens with one attached hydrogen (secondary N) is 1. The van der Waals surface area contributed by atoms with Crippen LogP contribution in [0.1, 0.15) is 31.5 Å². The number of hydrogen-bond donors (Lipinski definition) is 1. The molecule has 0 aromatic carbocycles. The first-order valence-corrected chi connectivity index (χ1v) is 6.65. The van der Waals surface area contributed by atoms with Gasteiger partial charge in [-0.2, -0.15) is 0 Å². The summed E-state index contributed by atoms with van der Waals surface area (Å²) in [6, 6.07) is 4.12. The van der Waals surface area contributed by atoms with Crippen molar-refractivity contribution in [2.24, 2.45) is 0 Å². The number of aromatic nitrogens is 1. The number of nitrogens with zero attached hydrogens (tertiary/aromatic N) is 1. The minimum Gasteiger partial charge on any atom is -0.475 e. The fourth-order valence-corrected chi connectivity index (χ4v) is 1.73. The molecule has 102 valence electrons. The van der Waals surface area contributed by atoms with Gasteiger partial charge >= 0.3 is 0 Å². The summed E-state index contributed by atoms with van der Waals surface area (Å²) < 4.78 is 10.9. The van der Waals surface area contributed by atoms with E-state index < -0.39 is 0 Å². The molecule has 0 atom stereocenters. The highest BCUT2D eigenvalue weighted by atomic mass is 16.5. The Hall–Kier alpha value is -1.13. The van der Waals surface area contributed by atoms with E-state index in [1.165, 1.54) is 5.56 Å². The van der Waals surface area contributed by atoms with Crippen molar-refractivity contribution in [3.05, 3.63) is 23.4 Å². The lowest BCUT2D eigenvalue weighted by molar-refractivity contribution is 0.108. The second kappa shape index (κ2) is 8.89. The van der Waals surface area contributed by atoms with Crippen molar-refractivity contribution >= 4 is 0 Å². The molecule has 18 heavy (non-hydrogen) atoms. The third-order valence-corrected chi connectivity index (χ3v) is 2.48. The van der Waals surface area contributed by atoms with E-state index >= 15 is 0 Å². The Kier molecular flexibility index (Phi) is 7.37. The van der Waals surface area contributed by atoms with Crippen molar-refractivity contribution in [2.75, 3.05) is 26.9 Å². The molecule has 0 aliphatic rings. The van der Waals surface area contributed by atoms with Gasteiger partial charge in [-0.25, -0.2) is 4.98 Å². The summed E-state index contributed by atoms with van der Waals surface area (Å²) in [5.41, 5.74) is 2.30. The first-order chi connectivity index (χ1) is 8.80. The van der Waals surface area contributed by atoms with Gasteiger partial charge in [-0.1, -0.05) is 13.3 Å². The maximum absolute atomic E-state index is 5.62. The van der Waals surface area contributed by atoms with Gasteiger partial charge in [-0.05, 0) is 32.0 Å². The standard InChI is InChI=1S/C14H24N2O2/c1-4-6-13-9-12(11-15-3)10-14(16-13)18-8-7-17-5-2/h9-10,15H,4-8,11H2,1-3H3. The van der Waals surface area contributed by atoms with E-state index in [9.17, 15) is 0 Å². The van der Waals surface area contributed by atoms with Crippen LogP contribution in [0.2, 0.25) is 0 Å². The molecular formula is C14H24N2O2. The number of pyridine rings is 1. The van der Waals surface area contributed by atoms with Crippen molar-refractivity contribution in [2.45, 2.75) is 33.2 Å². The molecule has 0 saturated carbocycles. The van der Waals surface area contributed by atoms with Gasteiger partial charge in [0.2, 0.25) is 5.88 Å². The van der Waals surface area contributed by atoms with Crippen molar-refractivity contribution in [3.63, 3.8) is 0 Å². The molecule has 0 spiro atoms. The second-order valence-corrected chi connectivity index (χ2v) is 4.13. The first kappa shape index (κ1) is 14.9. The van der Waals surface area contributed by atoms with Gasteiger partial charge in [0, 0.05) is 24.9 Å². The summed E-state index contributed by atoms with van der Waals surface area (Å²) in [5.74, 6) is 0.700. The Morgan fingerprint density at radius 3 is 2.72 bits per heavy atom. The van der Waals surface area contributed by atoms with E-state index in [1.54, 1.807) is 0 Å². The lowest BCUT2D eigenvalue weighted by Gasteiger charge is -2.10. The fraction of sp³-hybridized carbons (Fsp3) is 0.643. The molecule has 4 nitrogen and oxygen atoms in total. The zero-order valence-electron chi connectivity index (χ0n) is 11.7. The molecule has 0 fully saturated rings. The van der Waals surface area contributed by atoms with Crippen LogP contribution >= 0.6 is 0 Å². The van der Waals surface area contributed by atoms with E-state index in [2.05, 4.69) is 23.3 Å². The lowest BCUT2D eigenvalue weighted by atomic mass is 10.1. The van der Waals surface area contributed by atoms with Crippen molar-refractivity contribution in [1.82, 2.24) is 10.3 Å². The van der Waals surface area contributed by atoms with Crippen LogP contribution in [0.15, 0.2) is 12.1 Å². The summed E-state index contributed by atoms with van der Waals surface area (Å²) in [6.45, 7) is 6.85. The van der Waals surface area contributed by atoms with Crippen molar-refractivity contribution < 1.29 is 9.47 Å². The van der Waals surface area contributed by atoms with E-state index in [4.69, 9.17) is 9.47 Å². The maximum Gasteiger partial charge on any atom is 0.213 e. The average molecular weight is 252 g/mol. The average Bonchev–Trinajstić information content (AvgIpc) is 2.35. The highest BCUT2D eigenvalue weighted by molar-refractivity contribution is 5.25. The van der Waals surface area contributed by atoms with E-state index in [0.29, 0.717) is 19.1 Å². The Morgan fingerprint density at radius 1 is 1.22 bits per heavy atom. The molecule has 0 bridgehead atoms. The number of ether oxygens (including phenoxy) is 2. The van der Waals surface area contributed by atoms with Crippen LogP contribution in [-0.2, 0) is 17.7 Å². The Labute approximate surface area is 110 Å². The molecule has 0 aliphatic heterocycles. The normalized spacial score (nSPS) is 10.6. The molecule has 4 heteroatoms. The summed E-state index contributed by atoms with van der Waals surface area (Å²) in [6.07, 6.45) is 2.08. The lowest BCUT2D eigenvalue weighted by Crippen LogP contribution is -2.10. The maximum atomic E-state index is 5.62. The zero-order chi connectivity index (χ0) is 13.2. The predicted octanol–water partition coefficient (Wildman–Crippen LogP) is 2.17. The molecule has 0 saturated heterocycles. The van der Waals surface area contributed by atoms with Crippen LogP contribution < -0.4 is 10.1 Å². The van der Waals surface area contributed by atoms with Gasteiger partial charge in [0.15, 0.2) is 0 Å². The highest BCUT2D eigenvalue weighted by Gasteiger charge is 2.03. The molecule has 0 unspecified atom stereocenters. The molecule has 1 aromatic rings. The molecule has 1 aromatic heterocycles. The smallest absolute Gasteiger partial charge is 0.213 e. The summed E-state index contributed by atoms with van der Waals surface area (Å²) in [4.78, 5) is 4.50. The molecule has 0 aliphatic carbocycles. The summed E-state index contributed by atoms with van der Waals surface area (Å²) >= 11 is 0. The number of rotatable bonds is 9. The summed E-state index contributed by atoms with van der Waals surface area (Å²) in [5, 5.41) is 3.15. The second-order valence-electron chi connectivity index (χ2n) is 4.13. The third-order valence-electron chi connectivity index (χ3n) is 2.48. The number of aryl methyl sites for hydroxylation is 1. The first-order valence-electron chi connectivity index (χ1n) is 6.65. The zero-order valence-corrected chi connectivity index (χ0v) is 11.7. The van der Waals surface area contributed by atoms with Crippen LogP contribution in [0.25, 0.3) is 0 Å². The molecule has 0 amide bonds. The quantitative estimate of drug-likeness (QED) is 0.684. The highest BCUT2D eigenvalue weighted by Crippen LogP contribution is 2.14. The minimum absolute atomic E-state index is 0.551. The van der Waals surface area contributed by atoms with Gasteiger partial charge in [0.25, 0.3) is 0 Å². The largest absolute Gasteiger partial charge is 0.475 e. The molecule has 1 N–H and O–H groups in total. The Morgan fingerprint density at radius 2 is 2.06 bits per heavy atom. The van der Waals surface area contributed by atoms with Gasteiger partial charge < -0.3 is 14.8 Å². The monoisotopic (exact) mass is 252 g/mol. The SMILES string of the molecule is CCCc1cc(CNC)cc(OCCOCC)n1.